The molecular formula is C34H40N4O13. The van der Waals surface area contributed by atoms with Gasteiger partial charge in [0, 0.05) is 41.4 Å². The van der Waals surface area contributed by atoms with E-state index in [1.165, 1.54) is 31.5 Å². The highest BCUT2D eigenvalue weighted by Crippen LogP contribution is 2.32. The van der Waals surface area contributed by atoms with Crippen LogP contribution < -0.4 is 0 Å². The van der Waals surface area contributed by atoms with Crippen LogP contribution in [0.1, 0.15) is 99.3 Å². The van der Waals surface area contributed by atoms with Crippen LogP contribution in [0.25, 0.3) is 0 Å². The summed E-state index contributed by atoms with van der Waals surface area (Å²) in [5.74, 6) is -3.53. The van der Waals surface area contributed by atoms with Gasteiger partial charge in [0.05, 0.1) is 25.9 Å². The van der Waals surface area contributed by atoms with E-state index in [0.717, 1.165) is 43.9 Å². The van der Waals surface area contributed by atoms with Crippen molar-refractivity contribution in [1.82, 2.24) is 4.90 Å². The van der Waals surface area contributed by atoms with Gasteiger partial charge in [-0.2, -0.15) is 0 Å². The van der Waals surface area contributed by atoms with Crippen LogP contribution in [0.15, 0.2) is 36.4 Å². The normalized spacial score (nSPS) is 12.5. The van der Waals surface area contributed by atoms with E-state index in [1.807, 2.05) is 18.7 Å². The average molecular weight is 713 g/mol. The van der Waals surface area contributed by atoms with Gasteiger partial charge >= 0.3 is 23.3 Å². The monoisotopic (exact) mass is 712 g/mol. The number of benzene rings is 3. The van der Waals surface area contributed by atoms with Crippen molar-refractivity contribution in [1.29, 1.82) is 0 Å². The molecule has 0 aromatic heterocycles. The molecule has 4 rings (SSSR count). The predicted octanol–water partition coefficient (Wildman–Crippen LogP) is 7.01. The molecule has 0 heterocycles. The zero-order chi connectivity index (χ0) is 38.9. The van der Waals surface area contributed by atoms with Crippen molar-refractivity contribution in [3.63, 3.8) is 0 Å². The van der Waals surface area contributed by atoms with Crippen molar-refractivity contribution in [2.45, 2.75) is 85.7 Å². The smallest absolute Gasteiger partial charge is 0.336 e. The number of carboxylic acid groups (broad SMARTS) is 2. The number of hydrogen-bond donors (Lipinski definition) is 4. The molecule has 4 N–H and O–H groups in total. The number of carbonyl (C=O) groups excluding carboxylic acids is 1. The molecule has 3 aromatic rings. The molecule has 17 heteroatoms. The number of hydrogen-bond acceptors (Lipinski definition) is 11. The summed E-state index contributed by atoms with van der Waals surface area (Å²) >= 11 is 0. The summed E-state index contributed by atoms with van der Waals surface area (Å²) < 4.78 is 0. The summed E-state index contributed by atoms with van der Waals surface area (Å²) in [5, 5.41) is 68.1. The topological polar surface area (TPSA) is 265 Å². The highest BCUT2D eigenvalue weighted by atomic mass is 16.6. The molecule has 0 unspecified atom stereocenters. The molecule has 0 spiro atoms. The number of phenols is 2. The average Bonchev–Trinajstić information content (AvgIpc) is 3.01. The Labute approximate surface area is 292 Å². The van der Waals surface area contributed by atoms with E-state index >= 15 is 0 Å². The van der Waals surface area contributed by atoms with Crippen molar-refractivity contribution >= 4 is 34.9 Å². The number of rotatable bonds is 8. The third-order valence-electron chi connectivity index (χ3n) is 8.23. The minimum Gasteiger partial charge on any atom is -0.502 e. The minimum absolute atomic E-state index is 0.0256. The third kappa shape index (κ3) is 10.4. The number of phenolic OH excluding ortho intramolecular Hbond substituents is 2. The largest absolute Gasteiger partial charge is 0.502 e. The molecule has 274 valence electrons. The van der Waals surface area contributed by atoms with Gasteiger partial charge in [-0.15, -0.1) is 0 Å². The maximum absolute atomic E-state index is 13.0. The van der Waals surface area contributed by atoms with Crippen LogP contribution in [0.4, 0.5) is 17.1 Å². The van der Waals surface area contributed by atoms with Gasteiger partial charge in [-0.3, -0.25) is 35.1 Å². The molecule has 0 saturated heterocycles. The molecule has 0 bridgehead atoms. The number of aromatic hydroxyl groups is 2. The molecule has 1 aliphatic carbocycles. The Bertz CT molecular complexity index is 1700. The molecule has 3 aromatic carbocycles. The van der Waals surface area contributed by atoms with Crippen LogP contribution >= 0.6 is 0 Å². The standard InChI is InChI=1S/C17H24N2O4.C9H9NO4.C8H7NO5/c1-11(2)18(13-7-5-4-6-8-13)17(21)14-10-15(19(22)23)16(20)9-12(14)3;1-5-3-6(2)8(10(13)14)4-7(5)9(11)12;1-4-2-7(10)6(9(13)14)3-5(4)8(11)12/h9-11,13,20H,4-8H2,1-3H3;3-4H,1-2H3,(H,11,12);2-3,10H,1H3,(H,11,12). The highest BCUT2D eigenvalue weighted by molar-refractivity contribution is 5.97. The van der Waals surface area contributed by atoms with Crippen LogP contribution in [0.3, 0.4) is 0 Å². The van der Waals surface area contributed by atoms with Gasteiger partial charge in [0.25, 0.3) is 11.6 Å². The lowest BCUT2D eigenvalue weighted by molar-refractivity contribution is -0.386. The first-order chi connectivity index (χ1) is 23.7. The first kappa shape index (κ1) is 41.0. The summed E-state index contributed by atoms with van der Waals surface area (Å²) in [6, 6.07) is 7.19. The van der Waals surface area contributed by atoms with Crippen molar-refractivity contribution < 1.29 is 49.6 Å². The summed E-state index contributed by atoms with van der Waals surface area (Å²) in [7, 11) is 0. The summed E-state index contributed by atoms with van der Waals surface area (Å²) in [6.07, 6.45) is 5.36. The molecule has 1 amide bonds. The molecule has 0 aliphatic heterocycles. The fraction of sp³-hybridized carbons (Fsp3) is 0.382. The Morgan fingerprint density at radius 2 is 1.00 bits per heavy atom. The maximum Gasteiger partial charge on any atom is 0.336 e. The maximum atomic E-state index is 13.0. The van der Waals surface area contributed by atoms with Gasteiger partial charge in [-0.25, -0.2) is 9.59 Å². The Morgan fingerprint density at radius 3 is 1.39 bits per heavy atom. The van der Waals surface area contributed by atoms with Crippen molar-refractivity contribution in [2.24, 2.45) is 0 Å². The molecule has 1 saturated carbocycles. The minimum atomic E-state index is -1.26. The first-order valence-electron chi connectivity index (χ1n) is 15.7. The number of aryl methyl sites for hydroxylation is 4. The number of nitrogens with zero attached hydrogens (tertiary/aromatic N) is 4. The van der Waals surface area contributed by atoms with Crippen molar-refractivity contribution in [2.75, 3.05) is 0 Å². The van der Waals surface area contributed by atoms with Gasteiger partial charge in [-0.1, -0.05) is 19.3 Å². The number of aromatic carboxylic acids is 2. The number of carboxylic acids is 2. The highest BCUT2D eigenvalue weighted by Gasteiger charge is 2.31. The zero-order valence-electron chi connectivity index (χ0n) is 28.9. The summed E-state index contributed by atoms with van der Waals surface area (Å²) in [5.41, 5.74) is 0.733. The van der Waals surface area contributed by atoms with Gasteiger partial charge in [0.15, 0.2) is 11.5 Å². The molecule has 17 nitrogen and oxygen atoms in total. The number of nitro groups is 3. The molecular weight excluding hydrogens is 672 g/mol. The lowest BCUT2D eigenvalue weighted by atomic mass is 9.92. The number of carbonyl (C=O) groups is 3. The Balaban J connectivity index is 0.000000280. The van der Waals surface area contributed by atoms with Gasteiger partial charge in [0.2, 0.25) is 0 Å². The fourth-order valence-corrected chi connectivity index (χ4v) is 5.70. The quantitative estimate of drug-likeness (QED) is 0.135. The summed E-state index contributed by atoms with van der Waals surface area (Å²) in [4.78, 5) is 66.0. The molecule has 1 aliphatic rings. The van der Waals surface area contributed by atoms with E-state index in [4.69, 9.17) is 15.3 Å². The van der Waals surface area contributed by atoms with Crippen LogP contribution in [-0.2, 0) is 0 Å². The number of amides is 1. The molecule has 0 atom stereocenters. The van der Waals surface area contributed by atoms with Crippen LogP contribution in [0.5, 0.6) is 11.5 Å². The van der Waals surface area contributed by atoms with E-state index < -0.39 is 49.6 Å². The Hall–Kier alpha value is -6.13. The van der Waals surface area contributed by atoms with E-state index in [1.54, 1.807) is 20.8 Å². The van der Waals surface area contributed by atoms with Crippen LogP contribution in [0, 0.1) is 58.0 Å². The first-order valence-corrected chi connectivity index (χ1v) is 15.7. The summed E-state index contributed by atoms with van der Waals surface area (Å²) in [6.45, 7) is 10.3. The second-order valence-corrected chi connectivity index (χ2v) is 12.2. The van der Waals surface area contributed by atoms with E-state index in [-0.39, 0.29) is 40.4 Å². The third-order valence-corrected chi connectivity index (χ3v) is 8.23. The van der Waals surface area contributed by atoms with Crippen molar-refractivity contribution in [3.8, 4) is 11.5 Å². The van der Waals surface area contributed by atoms with E-state index in [9.17, 15) is 49.8 Å². The predicted molar refractivity (Wildman–Crippen MR) is 184 cm³/mol. The van der Waals surface area contributed by atoms with Crippen molar-refractivity contribution in [3.05, 3.63) is 106 Å². The zero-order valence-corrected chi connectivity index (χ0v) is 28.9. The van der Waals surface area contributed by atoms with Gasteiger partial charge in [-0.05, 0) is 89.3 Å². The van der Waals surface area contributed by atoms with Gasteiger partial charge in [0.1, 0.15) is 0 Å². The van der Waals surface area contributed by atoms with Crippen LogP contribution in [-0.4, -0.2) is 70.0 Å². The Morgan fingerprint density at radius 1 is 0.627 bits per heavy atom. The molecule has 0 radical (unpaired) electrons. The SMILES string of the molecule is Cc1cc(C)c([N+](=O)[O-])cc1C(=O)O.Cc1cc(O)c([N+](=O)[O-])cc1C(=O)N(C(C)C)C1CCCCC1.Cc1cc(O)c([N+](=O)[O-])cc1C(=O)O. The van der Waals surface area contributed by atoms with E-state index in [2.05, 4.69) is 0 Å². The van der Waals surface area contributed by atoms with Crippen LogP contribution in [0.2, 0.25) is 0 Å². The van der Waals surface area contributed by atoms with Gasteiger partial charge < -0.3 is 25.3 Å². The molecule has 51 heavy (non-hydrogen) atoms. The molecule has 1 fully saturated rings. The Kier molecular flexibility index (Phi) is 14.1. The lowest BCUT2D eigenvalue weighted by Crippen LogP contribution is -2.46. The second-order valence-electron chi connectivity index (χ2n) is 12.2. The second kappa shape index (κ2) is 17.5. The lowest BCUT2D eigenvalue weighted by Gasteiger charge is -2.37. The number of nitro benzene ring substituents is 3. The van der Waals surface area contributed by atoms with E-state index in [0.29, 0.717) is 22.3 Å². The fourth-order valence-electron chi connectivity index (χ4n) is 5.70.